The molecule has 2 amide bonds. The van der Waals surface area contributed by atoms with Gasteiger partial charge in [-0.3, -0.25) is 9.80 Å². The van der Waals surface area contributed by atoms with Crippen molar-refractivity contribution in [3.05, 3.63) is 65.0 Å². The van der Waals surface area contributed by atoms with Gasteiger partial charge < -0.3 is 19.9 Å². The van der Waals surface area contributed by atoms with E-state index in [4.69, 9.17) is 9.72 Å². The van der Waals surface area contributed by atoms with E-state index in [2.05, 4.69) is 53.1 Å². The minimum Gasteiger partial charge on any atom is -0.487 e. The van der Waals surface area contributed by atoms with Gasteiger partial charge in [0, 0.05) is 61.9 Å². The van der Waals surface area contributed by atoms with Crippen LogP contribution in [0.2, 0.25) is 0 Å². The van der Waals surface area contributed by atoms with Crippen LogP contribution in [0.1, 0.15) is 32.3 Å². The van der Waals surface area contributed by atoms with Crippen LogP contribution in [0.3, 0.4) is 0 Å². The Morgan fingerprint density at radius 3 is 2.71 bits per heavy atom. The molecule has 4 aliphatic rings. The lowest BCUT2D eigenvalue weighted by molar-refractivity contribution is 0.213. The van der Waals surface area contributed by atoms with Crippen molar-refractivity contribution in [1.29, 1.82) is 0 Å². The maximum absolute atomic E-state index is 13.9. The zero-order valence-corrected chi connectivity index (χ0v) is 22.4. The van der Waals surface area contributed by atoms with Gasteiger partial charge in [-0.2, -0.15) is 4.98 Å². The highest BCUT2D eigenvalue weighted by Crippen LogP contribution is 2.37. The first-order valence-electron chi connectivity index (χ1n) is 13.4. The fourth-order valence-corrected chi connectivity index (χ4v) is 5.65. The molecule has 1 aromatic heterocycles. The van der Waals surface area contributed by atoms with Crippen LogP contribution in [0.15, 0.2) is 59.5 Å². The SMILES string of the molecule is CC1=CCCC(C)=C1N1Cc2cnc3nc2N(C/C=C\COc2cc(ccc2N2CCN(C)CC2)N3)C1=O. The van der Waals surface area contributed by atoms with Gasteiger partial charge in [-0.25, -0.2) is 9.78 Å². The average molecular weight is 514 g/mol. The molecular formula is C29H35N7O2. The van der Waals surface area contributed by atoms with Crippen molar-refractivity contribution in [1.82, 2.24) is 19.8 Å². The molecule has 0 saturated carbocycles. The number of anilines is 4. The van der Waals surface area contributed by atoms with Gasteiger partial charge in [-0.05, 0) is 63.1 Å². The summed E-state index contributed by atoms with van der Waals surface area (Å²) in [5.41, 5.74) is 6.28. The zero-order valence-electron chi connectivity index (χ0n) is 22.4. The second-order valence-corrected chi connectivity index (χ2v) is 10.5. The third-order valence-corrected chi connectivity index (χ3v) is 7.75. The first-order chi connectivity index (χ1) is 18.5. The number of piperazine rings is 1. The van der Waals surface area contributed by atoms with Crippen molar-refractivity contribution in [2.75, 3.05) is 61.5 Å². The molecule has 4 bridgehead atoms. The van der Waals surface area contributed by atoms with Crippen LogP contribution in [0, 0.1) is 0 Å². The fraction of sp³-hybridized carbons (Fsp3) is 0.414. The Bertz CT molecular complexity index is 1340. The predicted octanol–water partition coefficient (Wildman–Crippen LogP) is 4.68. The van der Waals surface area contributed by atoms with Crippen LogP contribution in [0.25, 0.3) is 0 Å². The monoisotopic (exact) mass is 513 g/mol. The molecule has 198 valence electrons. The Kier molecular flexibility index (Phi) is 6.53. The average Bonchev–Trinajstić information content (AvgIpc) is 2.91. The summed E-state index contributed by atoms with van der Waals surface area (Å²) in [6.07, 6.45) is 10.0. The molecule has 38 heavy (non-hydrogen) atoms. The van der Waals surface area contributed by atoms with Crippen molar-refractivity contribution in [2.45, 2.75) is 33.2 Å². The Hall–Kier alpha value is -3.85. The van der Waals surface area contributed by atoms with E-state index in [1.54, 1.807) is 4.90 Å². The van der Waals surface area contributed by atoms with Gasteiger partial charge in [0.05, 0.1) is 12.2 Å². The molecule has 2 aromatic rings. The smallest absolute Gasteiger partial charge is 0.330 e. The molecule has 9 heteroatoms. The van der Waals surface area contributed by atoms with E-state index in [0.717, 1.165) is 73.0 Å². The molecule has 1 fully saturated rings. The Labute approximate surface area is 224 Å². The third kappa shape index (κ3) is 4.62. The van der Waals surface area contributed by atoms with Gasteiger partial charge in [0.25, 0.3) is 0 Å². The number of likely N-dealkylation sites (N-methyl/N-ethyl adjacent to an activating group) is 1. The number of aromatic nitrogens is 2. The number of rotatable bonds is 2. The number of benzene rings is 1. The van der Waals surface area contributed by atoms with Gasteiger partial charge in [0.1, 0.15) is 18.2 Å². The molecule has 9 nitrogen and oxygen atoms in total. The van der Waals surface area contributed by atoms with E-state index in [1.807, 2.05) is 35.4 Å². The molecular weight excluding hydrogens is 478 g/mol. The van der Waals surface area contributed by atoms with Gasteiger partial charge in [-0.15, -0.1) is 0 Å². The van der Waals surface area contributed by atoms with Crippen molar-refractivity contribution in [2.24, 2.45) is 0 Å². The zero-order chi connectivity index (χ0) is 26.2. The lowest BCUT2D eigenvalue weighted by Crippen LogP contribution is -2.48. The highest BCUT2D eigenvalue weighted by molar-refractivity contribution is 5.95. The van der Waals surface area contributed by atoms with Gasteiger partial charge >= 0.3 is 6.03 Å². The van der Waals surface area contributed by atoms with E-state index in [9.17, 15) is 4.79 Å². The molecule has 1 N–H and O–H groups in total. The van der Waals surface area contributed by atoms with Crippen molar-refractivity contribution in [3.8, 4) is 5.75 Å². The van der Waals surface area contributed by atoms with Crippen LogP contribution < -0.4 is 19.9 Å². The summed E-state index contributed by atoms with van der Waals surface area (Å²) >= 11 is 0. The number of carbonyl (C=O) groups excluding carboxylic acids is 1. The summed E-state index contributed by atoms with van der Waals surface area (Å²) in [6, 6.07) is 6.09. The first kappa shape index (κ1) is 24.5. The summed E-state index contributed by atoms with van der Waals surface area (Å²) in [4.78, 5) is 31.6. The van der Waals surface area contributed by atoms with E-state index in [0.29, 0.717) is 31.5 Å². The lowest BCUT2D eigenvalue weighted by atomic mass is 9.96. The minimum absolute atomic E-state index is 0.0653. The Balaban J connectivity index is 1.33. The molecule has 1 aliphatic carbocycles. The van der Waals surface area contributed by atoms with Crippen LogP contribution >= 0.6 is 0 Å². The summed E-state index contributed by atoms with van der Waals surface area (Å²) in [6.45, 7) is 9.45. The van der Waals surface area contributed by atoms with E-state index < -0.39 is 0 Å². The van der Waals surface area contributed by atoms with E-state index >= 15 is 0 Å². The topological polar surface area (TPSA) is 77.1 Å². The molecule has 1 saturated heterocycles. The van der Waals surface area contributed by atoms with E-state index in [1.165, 1.54) is 5.57 Å². The Morgan fingerprint density at radius 2 is 1.89 bits per heavy atom. The number of nitrogens with one attached hydrogen (secondary N) is 1. The number of amides is 2. The third-order valence-electron chi connectivity index (χ3n) is 7.75. The molecule has 0 radical (unpaired) electrons. The van der Waals surface area contributed by atoms with E-state index in [-0.39, 0.29) is 6.03 Å². The number of hydrogen-bond donors (Lipinski definition) is 1. The second kappa shape index (κ2) is 10.1. The number of urea groups is 1. The maximum atomic E-state index is 13.9. The van der Waals surface area contributed by atoms with Gasteiger partial charge in [0.2, 0.25) is 5.95 Å². The molecule has 0 atom stereocenters. The minimum atomic E-state index is -0.0653. The lowest BCUT2D eigenvalue weighted by Gasteiger charge is -2.38. The normalized spacial score (nSPS) is 21.1. The highest BCUT2D eigenvalue weighted by atomic mass is 16.5. The molecule has 0 spiro atoms. The van der Waals surface area contributed by atoms with Crippen LogP contribution in [0.5, 0.6) is 5.75 Å². The van der Waals surface area contributed by atoms with Crippen LogP contribution in [0.4, 0.5) is 27.9 Å². The second-order valence-electron chi connectivity index (χ2n) is 10.5. The quantitative estimate of drug-likeness (QED) is 0.585. The molecule has 6 rings (SSSR count). The highest BCUT2D eigenvalue weighted by Gasteiger charge is 2.35. The fourth-order valence-electron chi connectivity index (χ4n) is 5.65. The van der Waals surface area contributed by atoms with Crippen LogP contribution in [-0.4, -0.2) is 72.2 Å². The van der Waals surface area contributed by atoms with Gasteiger partial charge in [-0.1, -0.05) is 12.2 Å². The number of hydrogen-bond acceptors (Lipinski definition) is 7. The first-order valence-corrected chi connectivity index (χ1v) is 13.4. The predicted molar refractivity (Wildman–Crippen MR) is 150 cm³/mol. The number of nitrogens with zero attached hydrogens (tertiary/aromatic N) is 6. The van der Waals surface area contributed by atoms with Crippen molar-refractivity contribution in [3.63, 3.8) is 0 Å². The molecule has 1 aromatic carbocycles. The number of ether oxygens (including phenoxy) is 1. The standard InChI is InChI=1S/C29H35N7O2/c1-20-7-6-8-21(2)26(20)36-19-22-18-30-28-31-23-9-10-24(34-14-12-33(3)13-15-34)25(17-23)38-16-5-4-11-35(29(36)37)27(22)32-28/h4-5,7,9-10,17-18H,6,8,11-16,19H2,1-3H3,(H,30,31,32)/b5-4-. The van der Waals surface area contributed by atoms with Crippen molar-refractivity contribution < 1.29 is 9.53 Å². The molecule has 0 unspecified atom stereocenters. The maximum Gasteiger partial charge on any atom is 0.330 e. The summed E-state index contributed by atoms with van der Waals surface area (Å²) < 4.78 is 6.26. The van der Waals surface area contributed by atoms with Gasteiger partial charge in [0.15, 0.2) is 0 Å². The number of fused-ring (bicyclic) bond motifs is 3. The summed E-state index contributed by atoms with van der Waals surface area (Å²) in [5.74, 6) is 1.94. The molecule has 3 aliphatic heterocycles. The largest absolute Gasteiger partial charge is 0.487 e. The number of allylic oxidation sites excluding steroid dienone is 3. The Morgan fingerprint density at radius 1 is 1.05 bits per heavy atom. The van der Waals surface area contributed by atoms with Crippen LogP contribution in [-0.2, 0) is 6.54 Å². The molecule has 4 heterocycles. The summed E-state index contributed by atoms with van der Waals surface area (Å²) in [7, 11) is 2.16. The van der Waals surface area contributed by atoms with Crippen molar-refractivity contribution >= 4 is 29.2 Å². The summed E-state index contributed by atoms with van der Waals surface area (Å²) in [5, 5.41) is 3.34. The number of carbonyl (C=O) groups is 1.